The number of halogens is 3. The summed E-state index contributed by atoms with van der Waals surface area (Å²) in [5.74, 6) is 0.386. The fraction of sp³-hybridized carbons (Fsp3) is 0.647. The van der Waals surface area contributed by atoms with E-state index in [0.717, 1.165) is 31.1 Å². The summed E-state index contributed by atoms with van der Waals surface area (Å²) in [4.78, 5) is 0. The van der Waals surface area contributed by atoms with E-state index < -0.39 is 11.7 Å². The van der Waals surface area contributed by atoms with Crippen LogP contribution in [0.15, 0.2) is 24.3 Å². The van der Waals surface area contributed by atoms with Crippen molar-refractivity contribution < 1.29 is 13.2 Å². The van der Waals surface area contributed by atoms with Gasteiger partial charge in [0, 0.05) is 6.54 Å². The molecule has 0 saturated heterocycles. The summed E-state index contributed by atoms with van der Waals surface area (Å²) >= 11 is 0. The molecule has 1 unspecified atom stereocenters. The lowest BCUT2D eigenvalue weighted by Gasteiger charge is -2.34. The van der Waals surface area contributed by atoms with Crippen LogP contribution in [-0.2, 0) is 12.6 Å². The first kappa shape index (κ1) is 18.0. The van der Waals surface area contributed by atoms with Gasteiger partial charge in [-0.1, -0.05) is 45.9 Å². The molecule has 4 heteroatoms. The van der Waals surface area contributed by atoms with Crippen LogP contribution in [0.2, 0.25) is 0 Å². The van der Waals surface area contributed by atoms with E-state index in [1.807, 2.05) is 0 Å². The van der Waals surface area contributed by atoms with Gasteiger partial charge in [-0.25, -0.2) is 0 Å². The summed E-state index contributed by atoms with van der Waals surface area (Å²) in [6, 6.07) is 5.69. The fourth-order valence-corrected chi connectivity index (χ4v) is 2.35. The third-order valence-corrected chi connectivity index (χ3v) is 4.21. The molecule has 1 atom stereocenters. The summed E-state index contributed by atoms with van der Waals surface area (Å²) < 4.78 is 38.4. The summed E-state index contributed by atoms with van der Waals surface area (Å²) in [5, 5.41) is 3.40. The van der Waals surface area contributed by atoms with Gasteiger partial charge < -0.3 is 5.32 Å². The molecule has 21 heavy (non-hydrogen) atoms. The SMILES string of the molecule is CCCNCC(C)(Cc1cccc(C(F)(F)F)c1)C(C)C. The van der Waals surface area contributed by atoms with Crippen molar-refractivity contribution in [3.8, 4) is 0 Å². The van der Waals surface area contributed by atoms with Gasteiger partial charge in [0.1, 0.15) is 0 Å². The van der Waals surface area contributed by atoms with Crippen LogP contribution in [-0.4, -0.2) is 13.1 Å². The van der Waals surface area contributed by atoms with Crippen molar-refractivity contribution in [2.45, 2.75) is 46.7 Å². The van der Waals surface area contributed by atoms with E-state index in [-0.39, 0.29) is 5.41 Å². The largest absolute Gasteiger partial charge is 0.416 e. The number of hydrogen-bond acceptors (Lipinski definition) is 1. The number of nitrogens with one attached hydrogen (secondary N) is 1. The lowest BCUT2D eigenvalue weighted by atomic mass is 9.74. The molecule has 0 fully saturated rings. The van der Waals surface area contributed by atoms with Crippen LogP contribution in [0.4, 0.5) is 13.2 Å². The number of alkyl halides is 3. The maximum Gasteiger partial charge on any atom is 0.416 e. The topological polar surface area (TPSA) is 12.0 Å². The normalized spacial score (nSPS) is 15.2. The molecule has 0 radical (unpaired) electrons. The van der Waals surface area contributed by atoms with Crippen molar-refractivity contribution in [2.75, 3.05) is 13.1 Å². The Kier molecular flexibility index (Phi) is 6.26. The molecule has 1 aromatic rings. The summed E-state index contributed by atoms with van der Waals surface area (Å²) in [6.07, 6.45) is -2.58. The molecule has 0 amide bonds. The lowest BCUT2D eigenvalue weighted by molar-refractivity contribution is -0.137. The minimum Gasteiger partial charge on any atom is -0.316 e. The highest BCUT2D eigenvalue weighted by Crippen LogP contribution is 2.34. The van der Waals surface area contributed by atoms with E-state index in [9.17, 15) is 13.2 Å². The molecule has 0 aliphatic rings. The molecule has 1 aromatic carbocycles. The molecular formula is C17H26F3N. The Balaban J connectivity index is 2.89. The van der Waals surface area contributed by atoms with E-state index >= 15 is 0 Å². The molecule has 120 valence electrons. The first-order valence-electron chi connectivity index (χ1n) is 7.56. The predicted octanol–water partition coefficient (Wildman–Crippen LogP) is 4.91. The Morgan fingerprint density at radius 2 is 1.86 bits per heavy atom. The highest BCUT2D eigenvalue weighted by molar-refractivity contribution is 5.26. The first-order valence-corrected chi connectivity index (χ1v) is 7.56. The van der Waals surface area contributed by atoms with Crippen molar-refractivity contribution in [1.82, 2.24) is 5.32 Å². The molecule has 0 bridgehead atoms. The van der Waals surface area contributed by atoms with Crippen LogP contribution in [0.25, 0.3) is 0 Å². The zero-order valence-corrected chi connectivity index (χ0v) is 13.3. The average Bonchev–Trinajstić information content (AvgIpc) is 2.38. The fourth-order valence-electron chi connectivity index (χ4n) is 2.35. The number of hydrogen-bond donors (Lipinski definition) is 1. The molecule has 0 saturated carbocycles. The van der Waals surface area contributed by atoms with Crippen molar-refractivity contribution in [2.24, 2.45) is 11.3 Å². The van der Waals surface area contributed by atoms with Crippen molar-refractivity contribution in [1.29, 1.82) is 0 Å². The average molecular weight is 301 g/mol. The highest BCUT2D eigenvalue weighted by atomic mass is 19.4. The Morgan fingerprint density at radius 3 is 2.38 bits per heavy atom. The van der Waals surface area contributed by atoms with Crippen LogP contribution in [0.3, 0.4) is 0 Å². The molecule has 0 aliphatic carbocycles. The van der Waals surface area contributed by atoms with E-state index in [1.54, 1.807) is 6.07 Å². The summed E-state index contributed by atoms with van der Waals surface area (Å²) in [6.45, 7) is 10.2. The molecule has 0 spiro atoms. The maximum absolute atomic E-state index is 12.8. The van der Waals surface area contributed by atoms with E-state index in [2.05, 4.69) is 33.0 Å². The second-order valence-electron chi connectivity index (χ2n) is 6.36. The third kappa shape index (κ3) is 5.34. The molecule has 0 aliphatic heterocycles. The quantitative estimate of drug-likeness (QED) is 0.706. The van der Waals surface area contributed by atoms with Crippen LogP contribution in [0.1, 0.15) is 45.2 Å². The minimum atomic E-state index is -4.27. The van der Waals surface area contributed by atoms with Gasteiger partial charge in [-0.05, 0) is 42.3 Å². The van der Waals surface area contributed by atoms with Gasteiger partial charge in [-0.2, -0.15) is 13.2 Å². The van der Waals surface area contributed by atoms with Gasteiger partial charge in [0.2, 0.25) is 0 Å². The van der Waals surface area contributed by atoms with Crippen molar-refractivity contribution in [3.05, 3.63) is 35.4 Å². The van der Waals surface area contributed by atoms with Gasteiger partial charge in [-0.3, -0.25) is 0 Å². The third-order valence-electron chi connectivity index (χ3n) is 4.21. The molecule has 1 rings (SSSR count). The maximum atomic E-state index is 12.8. The van der Waals surface area contributed by atoms with Gasteiger partial charge in [0.25, 0.3) is 0 Å². The second-order valence-corrected chi connectivity index (χ2v) is 6.36. The number of rotatable bonds is 7. The second kappa shape index (κ2) is 7.30. The smallest absolute Gasteiger partial charge is 0.316 e. The minimum absolute atomic E-state index is 0.0562. The van der Waals surface area contributed by atoms with Gasteiger partial charge in [0.15, 0.2) is 0 Å². The van der Waals surface area contributed by atoms with E-state index in [1.165, 1.54) is 12.1 Å². The van der Waals surface area contributed by atoms with Crippen LogP contribution >= 0.6 is 0 Å². The van der Waals surface area contributed by atoms with Gasteiger partial charge in [-0.15, -0.1) is 0 Å². The Morgan fingerprint density at radius 1 is 1.19 bits per heavy atom. The van der Waals surface area contributed by atoms with Crippen LogP contribution < -0.4 is 5.32 Å². The monoisotopic (exact) mass is 301 g/mol. The molecular weight excluding hydrogens is 275 g/mol. The molecule has 1 N–H and O–H groups in total. The lowest BCUT2D eigenvalue weighted by Crippen LogP contribution is -2.38. The van der Waals surface area contributed by atoms with E-state index in [4.69, 9.17) is 0 Å². The molecule has 0 aromatic heterocycles. The Hall–Kier alpha value is -1.03. The predicted molar refractivity (Wildman–Crippen MR) is 81.3 cm³/mol. The van der Waals surface area contributed by atoms with Crippen LogP contribution in [0, 0.1) is 11.3 Å². The zero-order valence-electron chi connectivity index (χ0n) is 13.3. The summed E-state index contributed by atoms with van der Waals surface area (Å²) in [5.41, 5.74) is 0.131. The zero-order chi connectivity index (χ0) is 16.1. The first-order chi connectivity index (χ1) is 9.69. The summed E-state index contributed by atoms with van der Waals surface area (Å²) in [7, 11) is 0. The number of benzene rings is 1. The Bertz CT molecular complexity index is 440. The Labute approximate surface area is 125 Å². The van der Waals surface area contributed by atoms with Crippen LogP contribution in [0.5, 0.6) is 0 Å². The van der Waals surface area contributed by atoms with Crippen molar-refractivity contribution in [3.63, 3.8) is 0 Å². The molecule has 1 nitrogen and oxygen atoms in total. The highest BCUT2D eigenvalue weighted by Gasteiger charge is 2.32. The standard InChI is InChI=1S/C17H26F3N/c1-5-9-21-12-16(4,13(2)3)11-14-7-6-8-15(10-14)17(18,19)20/h6-8,10,13,21H,5,9,11-12H2,1-4H3. The molecule has 0 heterocycles. The van der Waals surface area contributed by atoms with Crippen molar-refractivity contribution >= 4 is 0 Å². The van der Waals surface area contributed by atoms with E-state index in [0.29, 0.717) is 12.3 Å². The van der Waals surface area contributed by atoms with Gasteiger partial charge in [0.05, 0.1) is 5.56 Å². The van der Waals surface area contributed by atoms with Gasteiger partial charge >= 0.3 is 6.18 Å².